The van der Waals surface area contributed by atoms with Crippen molar-refractivity contribution < 1.29 is 9.18 Å². The summed E-state index contributed by atoms with van der Waals surface area (Å²) >= 11 is 0. The van der Waals surface area contributed by atoms with Crippen molar-refractivity contribution in [3.05, 3.63) is 40.4 Å². The lowest BCUT2D eigenvalue weighted by Crippen LogP contribution is -2.19. The molecule has 0 aromatic carbocycles. The molecule has 3 aliphatic rings. The molecule has 8 heteroatoms. The lowest BCUT2D eigenvalue weighted by atomic mass is 10.1. The van der Waals surface area contributed by atoms with Crippen molar-refractivity contribution in [2.45, 2.75) is 31.7 Å². The van der Waals surface area contributed by atoms with Gasteiger partial charge in [0.2, 0.25) is 11.7 Å². The van der Waals surface area contributed by atoms with Crippen LogP contribution in [0.15, 0.2) is 11.1 Å². The third-order valence-corrected chi connectivity index (χ3v) is 4.64. The zero-order chi connectivity index (χ0) is 15.8. The number of carbonyl (C=O) groups excluding carboxylic acids is 1. The van der Waals surface area contributed by atoms with Crippen LogP contribution in [0.3, 0.4) is 0 Å². The van der Waals surface area contributed by atoms with Gasteiger partial charge in [-0.2, -0.15) is 0 Å². The molecule has 0 atom stereocenters. The third-order valence-electron chi connectivity index (χ3n) is 4.64. The van der Waals surface area contributed by atoms with Crippen molar-refractivity contribution >= 4 is 17.4 Å². The van der Waals surface area contributed by atoms with Crippen LogP contribution in [0.25, 0.3) is 0 Å². The van der Waals surface area contributed by atoms with E-state index in [2.05, 4.69) is 30.5 Å². The fourth-order valence-electron chi connectivity index (χ4n) is 3.15. The molecule has 1 fully saturated rings. The number of rotatable bonds is 1. The summed E-state index contributed by atoms with van der Waals surface area (Å²) in [7, 11) is 0. The van der Waals surface area contributed by atoms with Crippen LogP contribution in [-0.4, -0.2) is 31.8 Å². The summed E-state index contributed by atoms with van der Waals surface area (Å²) in [6, 6.07) is 1.40. The number of pyridine rings is 1. The van der Waals surface area contributed by atoms with E-state index in [1.54, 1.807) is 6.92 Å². The molecule has 23 heavy (non-hydrogen) atoms. The predicted molar refractivity (Wildman–Crippen MR) is 77.6 cm³/mol. The number of anilines is 1. The lowest BCUT2D eigenvalue weighted by molar-refractivity contribution is -0.117. The molecule has 0 unspecified atom stereocenters. The average Bonchev–Trinajstić information content (AvgIpc) is 3.17. The molecular formula is C15H11FN6O. The fraction of sp³-hybridized carbons (Fsp3) is 0.333. The zero-order valence-electron chi connectivity index (χ0n) is 12.2. The summed E-state index contributed by atoms with van der Waals surface area (Å²) in [6.07, 6.45) is 1.56. The third kappa shape index (κ3) is 1.57. The van der Waals surface area contributed by atoms with Gasteiger partial charge in [0.15, 0.2) is 5.82 Å². The van der Waals surface area contributed by atoms with Gasteiger partial charge in [-0.15, -0.1) is 10.2 Å². The van der Waals surface area contributed by atoms with Gasteiger partial charge in [-0.25, -0.2) is 9.37 Å². The van der Waals surface area contributed by atoms with E-state index < -0.39 is 11.2 Å². The molecule has 2 aromatic rings. The highest BCUT2D eigenvalue weighted by atomic mass is 19.1. The molecule has 1 N–H and O–H groups in total. The van der Waals surface area contributed by atoms with Crippen LogP contribution in [0.2, 0.25) is 0 Å². The molecular weight excluding hydrogens is 299 g/mol. The molecule has 2 aliphatic heterocycles. The van der Waals surface area contributed by atoms with Crippen LogP contribution < -0.4 is 5.32 Å². The smallest absolute Gasteiger partial charge is 0.238 e. The van der Waals surface area contributed by atoms with Crippen molar-refractivity contribution in [1.82, 2.24) is 20.2 Å². The summed E-state index contributed by atoms with van der Waals surface area (Å²) in [6.45, 7) is 1.98. The average molecular weight is 310 g/mol. The second kappa shape index (κ2) is 3.95. The monoisotopic (exact) mass is 310 g/mol. The fourth-order valence-corrected chi connectivity index (χ4v) is 3.15. The van der Waals surface area contributed by atoms with Gasteiger partial charge in [-0.3, -0.25) is 14.8 Å². The Hall–Kier alpha value is -2.77. The maximum absolute atomic E-state index is 13.8. The second-order valence-corrected chi connectivity index (χ2v) is 6.08. The number of fused-ring (bicyclic) bond motifs is 3. The second-order valence-electron chi connectivity index (χ2n) is 6.08. The van der Waals surface area contributed by atoms with Gasteiger partial charge in [0, 0.05) is 5.56 Å². The number of carbonyl (C=O) groups is 1. The van der Waals surface area contributed by atoms with E-state index in [0.29, 0.717) is 40.7 Å². The number of aryl methyl sites for hydroxylation is 1. The van der Waals surface area contributed by atoms with Gasteiger partial charge in [0.1, 0.15) is 17.2 Å². The SMILES string of the molecule is Cc1nc2c(cc1F)C(c1nnc3c(n1)NC(=O)C31CC1)=NC2. The van der Waals surface area contributed by atoms with E-state index in [4.69, 9.17) is 0 Å². The molecule has 1 saturated carbocycles. The van der Waals surface area contributed by atoms with Crippen molar-refractivity contribution in [3.63, 3.8) is 0 Å². The number of aromatic nitrogens is 4. The first-order chi connectivity index (χ1) is 11.1. The Bertz CT molecular complexity index is 934. The van der Waals surface area contributed by atoms with Crippen LogP contribution >= 0.6 is 0 Å². The Balaban J connectivity index is 1.60. The molecule has 114 valence electrons. The van der Waals surface area contributed by atoms with E-state index in [1.165, 1.54) is 6.07 Å². The largest absolute Gasteiger partial charge is 0.308 e. The van der Waals surface area contributed by atoms with Crippen molar-refractivity contribution in [1.29, 1.82) is 0 Å². The maximum Gasteiger partial charge on any atom is 0.238 e. The van der Waals surface area contributed by atoms with Crippen LogP contribution in [0.5, 0.6) is 0 Å². The number of aliphatic imine (C=N–C) groups is 1. The highest BCUT2D eigenvalue weighted by molar-refractivity contribution is 6.13. The number of halogens is 1. The Labute approximate surface area is 130 Å². The number of nitrogens with zero attached hydrogens (tertiary/aromatic N) is 5. The summed E-state index contributed by atoms with van der Waals surface area (Å²) in [5.41, 5.74) is 2.18. The summed E-state index contributed by atoms with van der Waals surface area (Å²) in [5.74, 6) is 0.265. The first kappa shape index (κ1) is 12.7. The van der Waals surface area contributed by atoms with Crippen LogP contribution in [-0.2, 0) is 16.8 Å². The Morgan fingerprint density at radius 3 is 2.87 bits per heavy atom. The van der Waals surface area contributed by atoms with Gasteiger partial charge in [0.25, 0.3) is 0 Å². The lowest BCUT2D eigenvalue weighted by Gasteiger charge is -2.05. The molecule has 1 spiro atoms. The molecule has 4 heterocycles. The van der Waals surface area contributed by atoms with Gasteiger partial charge < -0.3 is 5.32 Å². The van der Waals surface area contributed by atoms with E-state index in [1.807, 2.05) is 0 Å². The van der Waals surface area contributed by atoms with Crippen LogP contribution in [0.1, 0.15) is 41.3 Å². The van der Waals surface area contributed by atoms with Gasteiger partial charge in [0.05, 0.1) is 23.3 Å². The molecule has 7 nitrogen and oxygen atoms in total. The Morgan fingerprint density at radius 2 is 2.09 bits per heavy atom. The van der Waals surface area contributed by atoms with Crippen LogP contribution in [0.4, 0.5) is 10.2 Å². The maximum atomic E-state index is 13.8. The number of amides is 1. The normalized spacial score (nSPS) is 19.4. The number of nitrogens with one attached hydrogen (secondary N) is 1. The van der Waals surface area contributed by atoms with Gasteiger partial charge in [-0.05, 0) is 25.8 Å². The number of hydrogen-bond donors (Lipinski definition) is 1. The summed E-state index contributed by atoms with van der Waals surface area (Å²) < 4.78 is 13.8. The molecule has 0 saturated heterocycles. The molecule has 1 aliphatic carbocycles. The van der Waals surface area contributed by atoms with Crippen molar-refractivity contribution in [3.8, 4) is 0 Å². The molecule has 2 aromatic heterocycles. The van der Waals surface area contributed by atoms with E-state index in [-0.39, 0.29) is 11.7 Å². The highest BCUT2D eigenvalue weighted by Crippen LogP contribution is 2.53. The number of hydrogen-bond acceptors (Lipinski definition) is 6. The van der Waals surface area contributed by atoms with E-state index in [0.717, 1.165) is 12.8 Å². The first-order valence-corrected chi connectivity index (χ1v) is 7.36. The summed E-state index contributed by atoms with van der Waals surface area (Å²) in [5, 5.41) is 11.1. The molecule has 1 amide bonds. The summed E-state index contributed by atoms with van der Waals surface area (Å²) in [4.78, 5) is 25.0. The first-order valence-electron chi connectivity index (χ1n) is 7.36. The predicted octanol–water partition coefficient (Wildman–Crippen LogP) is 1.05. The zero-order valence-corrected chi connectivity index (χ0v) is 12.2. The molecule has 0 radical (unpaired) electrons. The van der Waals surface area contributed by atoms with Crippen LogP contribution in [0, 0.1) is 12.7 Å². The minimum absolute atomic E-state index is 0.0662. The van der Waals surface area contributed by atoms with Crippen molar-refractivity contribution in [2.75, 3.05) is 5.32 Å². The van der Waals surface area contributed by atoms with E-state index >= 15 is 0 Å². The minimum atomic E-state index is -0.520. The quantitative estimate of drug-likeness (QED) is 0.850. The molecule has 5 rings (SSSR count). The van der Waals surface area contributed by atoms with Gasteiger partial charge >= 0.3 is 0 Å². The van der Waals surface area contributed by atoms with Gasteiger partial charge in [-0.1, -0.05) is 0 Å². The highest BCUT2D eigenvalue weighted by Gasteiger charge is 2.58. The minimum Gasteiger partial charge on any atom is -0.308 e. The Morgan fingerprint density at radius 1 is 1.26 bits per heavy atom. The topological polar surface area (TPSA) is 93.0 Å². The van der Waals surface area contributed by atoms with Crippen molar-refractivity contribution in [2.24, 2.45) is 4.99 Å². The Kier molecular flexibility index (Phi) is 2.19. The van der Waals surface area contributed by atoms with E-state index in [9.17, 15) is 9.18 Å². The standard InChI is InChI=1S/C15H11FN6O/c1-6-8(16)4-7-9(18-6)5-17-10(7)12-19-13-11(21-22-12)15(2-3-15)14(23)20-13/h4H,2-3,5H2,1H3,(H,19,20,22,23). The molecule has 0 bridgehead atoms.